The first-order valence-corrected chi connectivity index (χ1v) is 9.86. The third-order valence-corrected chi connectivity index (χ3v) is 6.07. The summed E-state index contributed by atoms with van der Waals surface area (Å²) in [4.78, 5) is 35.7. The first kappa shape index (κ1) is 19.4. The number of hydrogen-bond donors (Lipinski definition) is 2. The van der Waals surface area contributed by atoms with Gasteiger partial charge in [-0.05, 0) is 19.1 Å². The van der Waals surface area contributed by atoms with Crippen LogP contribution in [-0.2, 0) is 5.67 Å². The van der Waals surface area contributed by atoms with E-state index in [1.54, 1.807) is 13.0 Å². The number of nitriles is 1. The van der Waals surface area contributed by atoms with Crippen molar-refractivity contribution in [3.8, 4) is 6.07 Å². The minimum atomic E-state index is -1.53. The van der Waals surface area contributed by atoms with E-state index in [0.29, 0.717) is 36.2 Å². The van der Waals surface area contributed by atoms with Crippen LogP contribution in [0.15, 0.2) is 24.4 Å². The highest BCUT2D eigenvalue weighted by Gasteiger charge is 2.57. The zero-order valence-corrected chi connectivity index (χ0v) is 16.7. The summed E-state index contributed by atoms with van der Waals surface area (Å²) in [5.74, 6) is 0.356. The lowest BCUT2D eigenvalue weighted by atomic mass is 9.69. The summed E-state index contributed by atoms with van der Waals surface area (Å²) in [6, 6.07) is 5.69. The number of amides is 2. The van der Waals surface area contributed by atoms with Crippen LogP contribution in [0.25, 0.3) is 0 Å². The lowest BCUT2D eigenvalue weighted by Gasteiger charge is -2.52. The second-order valence-electron chi connectivity index (χ2n) is 8.60. The number of aliphatic hydroxyl groups is 1. The summed E-state index contributed by atoms with van der Waals surface area (Å²) in [5.41, 5.74) is -1.06. The number of urea groups is 1. The van der Waals surface area contributed by atoms with E-state index >= 15 is 4.39 Å². The van der Waals surface area contributed by atoms with Crippen LogP contribution < -0.4 is 15.1 Å². The molecule has 31 heavy (non-hydrogen) atoms. The van der Waals surface area contributed by atoms with Crippen LogP contribution in [0.3, 0.4) is 0 Å². The van der Waals surface area contributed by atoms with Crippen molar-refractivity contribution >= 4 is 29.6 Å². The van der Waals surface area contributed by atoms with Gasteiger partial charge in [0.1, 0.15) is 29.1 Å². The molecule has 1 saturated heterocycles. The Hall–Kier alpha value is -3.58. The Morgan fingerprint density at radius 3 is 2.81 bits per heavy atom. The SMILES string of the molecule is CC1(O)CN(c2cc(NC(=O)N3c4nc(C=O)ccc4C4(F)CC3C4)ncc2C#N)C1. The normalized spacial score (nSPS) is 24.9. The van der Waals surface area contributed by atoms with E-state index in [4.69, 9.17) is 0 Å². The van der Waals surface area contributed by atoms with E-state index in [9.17, 15) is 20.0 Å². The zero-order chi connectivity index (χ0) is 22.0. The summed E-state index contributed by atoms with van der Waals surface area (Å²) < 4.78 is 15.0. The summed E-state index contributed by atoms with van der Waals surface area (Å²) in [7, 11) is 0. The number of pyridine rings is 2. The standard InChI is InChI=1S/C21H19FN6O3/c1-20(31)10-27(11-20)16-4-17(24-8-12(16)7-23)26-19(30)28-14-5-21(22,6-14)15-3-2-13(9-29)25-18(15)28/h2-4,8-9,14,31H,5-6,10-11H2,1H3,(H,24,26,30). The number of aldehydes is 1. The smallest absolute Gasteiger partial charge is 0.328 e. The van der Waals surface area contributed by atoms with Gasteiger partial charge in [0.25, 0.3) is 0 Å². The molecule has 4 aliphatic rings. The molecule has 0 aromatic carbocycles. The first-order valence-electron chi connectivity index (χ1n) is 9.86. The third-order valence-electron chi connectivity index (χ3n) is 6.07. The average molecular weight is 422 g/mol. The van der Waals surface area contributed by atoms with Crippen molar-refractivity contribution < 1.29 is 19.1 Å². The van der Waals surface area contributed by atoms with Crippen molar-refractivity contribution in [2.45, 2.75) is 37.1 Å². The fourth-order valence-corrected chi connectivity index (χ4v) is 4.56. The van der Waals surface area contributed by atoms with Crippen LogP contribution in [0.2, 0.25) is 0 Å². The molecule has 2 N–H and O–H groups in total. The lowest BCUT2D eigenvalue weighted by Crippen LogP contribution is -2.60. The fraction of sp³-hybridized carbons (Fsp3) is 0.381. The second kappa shape index (κ2) is 6.46. The molecular weight excluding hydrogens is 403 g/mol. The molecule has 158 valence electrons. The Morgan fingerprint density at radius 1 is 1.42 bits per heavy atom. The molecule has 1 saturated carbocycles. The minimum absolute atomic E-state index is 0.116. The molecule has 6 rings (SSSR count). The van der Waals surface area contributed by atoms with Gasteiger partial charge >= 0.3 is 6.03 Å². The van der Waals surface area contributed by atoms with E-state index < -0.39 is 17.3 Å². The van der Waals surface area contributed by atoms with Gasteiger partial charge in [-0.3, -0.25) is 15.0 Å². The average Bonchev–Trinajstić information content (AvgIpc) is 2.70. The minimum Gasteiger partial charge on any atom is -0.386 e. The Labute approximate surface area is 177 Å². The van der Waals surface area contributed by atoms with Crippen LogP contribution in [0.5, 0.6) is 0 Å². The van der Waals surface area contributed by atoms with Crippen molar-refractivity contribution in [1.82, 2.24) is 9.97 Å². The quantitative estimate of drug-likeness (QED) is 0.727. The zero-order valence-electron chi connectivity index (χ0n) is 16.7. The third kappa shape index (κ3) is 3.00. The molecule has 0 unspecified atom stereocenters. The van der Waals surface area contributed by atoms with E-state index in [-0.39, 0.29) is 36.2 Å². The molecular formula is C21H19FN6O3. The van der Waals surface area contributed by atoms with Crippen LogP contribution in [0, 0.1) is 11.3 Å². The number of β-amino-alcohol motifs (C(OH)–C–C–N with tert-alkyl or cyclic N) is 1. The van der Waals surface area contributed by atoms with Crippen molar-refractivity contribution in [2.75, 3.05) is 28.2 Å². The van der Waals surface area contributed by atoms with E-state index in [2.05, 4.69) is 21.4 Å². The van der Waals surface area contributed by atoms with Crippen LogP contribution >= 0.6 is 0 Å². The number of rotatable bonds is 3. The molecule has 0 atom stereocenters. The summed E-state index contributed by atoms with van der Waals surface area (Å²) in [6.45, 7) is 2.42. The Kier molecular flexibility index (Phi) is 4.04. The fourth-order valence-electron chi connectivity index (χ4n) is 4.56. The van der Waals surface area contributed by atoms with Crippen molar-refractivity contribution in [1.29, 1.82) is 5.26 Å². The Bertz CT molecular complexity index is 1150. The van der Waals surface area contributed by atoms with Crippen LogP contribution in [0.4, 0.5) is 26.5 Å². The monoisotopic (exact) mass is 422 g/mol. The van der Waals surface area contributed by atoms with Crippen LogP contribution in [0.1, 0.15) is 41.4 Å². The first-order chi connectivity index (χ1) is 14.7. The molecule has 2 aromatic rings. The molecule has 2 amide bonds. The van der Waals surface area contributed by atoms with Crippen molar-refractivity contribution in [3.05, 3.63) is 41.2 Å². The van der Waals surface area contributed by atoms with E-state index in [1.165, 1.54) is 23.2 Å². The molecule has 9 nitrogen and oxygen atoms in total. The highest BCUT2D eigenvalue weighted by Crippen LogP contribution is 2.55. The number of anilines is 3. The Morgan fingerprint density at radius 2 is 2.16 bits per heavy atom. The highest BCUT2D eigenvalue weighted by molar-refractivity contribution is 6.03. The molecule has 2 aromatic heterocycles. The predicted molar refractivity (Wildman–Crippen MR) is 109 cm³/mol. The molecule has 0 spiro atoms. The largest absolute Gasteiger partial charge is 0.386 e. The lowest BCUT2D eigenvalue weighted by molar-refractivity contribution is 0.0283. The second-order valence-corrected chi connectivity index (χ2v) is 8.60. The van der Waals surface area contributed by atoms with E-state index in [0.717, 1.165) is 0 Å². The number of nitrogens with one attached hydrogen (secondary N) is 1. The number of nitrogens with zero attached hydrogens (tertiary/aromatic N) is 5. The van der Waals surface area contributed by atoms with Gasteiger partial charge in [-0.25, -0.2) is 19.2 Å². The number of alkyl halides is 1. The summed E-state index contributed by atoms with van der Waals surface area (Å²) in [5, 5.41) is 22.1. The van der Waals surface area contributed by atoms with Gasteiger partial charge in [0.05, 0.1) is 16.9 Å². The van der Waals surface area contributed by atoms with Gasteiger partial charge in [-0.2, -0.15) is 5.26 Å². The predicted octanol–water partition coefficient (Wildman–Crippen LogP) is 2.11. The number of hydrogen-bond acceptors (Lipinski definition) is 7. The topological polar surface area (TPSA) is 122 Å². The molecule has 0 radical (unpaired) electrons. The van der Waals surface area contributed by atoms with Gasteiger partial charge in [0.15, 0.2) is 6.29 Å². The number of aromatic nitrogens is 2. The Balaban J connectivity index is 1.43. The maximum Gasteiger partial charge on any atom is 0.328 e. The molecule has 2 fully saturated rings. The van der Waals surface area contributed by atoms with E-state index in [1.807, 2.05) is 4.90 Å². The molecule has 10 heteroatoms. The number of carbonyl (C=O) groups is 2. The van der Waals surface area contributed by atoms with Gasteiger partial charge < -0.3 is 10.0 Å². The van der Waals surface area contributed by atoms with Gasteiger partial charge in [0.2, 0.25) is 0 Å². The van der Waals surface area contributed by atoms with Crippen molar-refractivity contribution in [3.63, 3.8) is 0 Å². The van der Waals surface area contributed by atoms with Gasteiger partial charge in [-0.15, -0.1) is 0 Å². The molecule has 5 heterocycles. The number of halogens is 1. The summed E-state index contributed by atoms with van der Waals surface area (Å²) in [6.07, 6.45) is 2.26. The van der Waals surface area contributed by atoms with Crippen LogP contribution in [-0.4, -0.2) is 52.1 Å². The molecule has 2 bridgehead atoms. The highest BCUT2D eigenvalue weighted by atomic mass is 19.1. The van der Waals surface area contributed by atoms with Gasteiger partial charge in [0, 0.05) is 49.8 Å². The van der Waals surface area contributed by atoms with Gasteiger partial charge in [-0.1, -0.05) is 0 Å². The maximum atomic E-state index is 15.0. The molecule has 1 aliphatic carbocycles. The van der Waals surface area contributed by atoms with Crippen molar-refractivity contribution in [2.24, 2.45) is 0 Å². The summed E-state index contributed by atoms with van der Waals surface area (Å²) >= 11 is 0. The number of carbonyl (C=O) groups excluding carboxylic acids is 2. The maximum absolute atomic E-state index is 15.0. The molecule has 3 aliphatic heterocycles.